The summed E-state index contributed by atoms with van der Waals surface area (Å²) < 4.78 is 1.72. The monoisotopic (exact) mass is 230 g/mol. The van der Waals surface area contributed by atoms with E-state index in [1.54, 1.807) is 16.8 Å². The smallest absolute Gasteiger partial charge is 0.288 e. The van der Waals surface area contributed by atoms with E-state index >= 15 is 0 Å². The number of nitrogens with zero attached hydrogens (tertiary/aromatic N) is 2. The third-order valence-corrected chi connectivity index (χ3v) is 2.50. The van der Waals surface area contributed by atoms with Crippen LogP contribution < -0.4 is 11.2 Å². The fraction of sp³-hybridized carbons (Fsp3) is 0.167. The number of hydrogen-bond donors (Lipinski definition) is 2. The SMILES string of the molecule is Cc1ccc(C)n1NC(=O)c1ccc(N)cn1. The van der Waals surface area contributed by atoms with Crippen molar-refractivity contribution in [2.75, 3.05) is 11.2 Å². The first-order valence-corrected chi connectivity index (χ1v) is 5.26. The van der Waals surface area contributed by atoms with E-state index in [1.165, 1.54) is 6.20 Å². The summed E-state index contributed by atoms with van der Waals surface area (Å²) in [6, 6.07) is 7.12. The lowest BCUT2D eigenvalue weighted by Gasteiger charge is -2.10. The van der Waals surface area contributed by atoms with Crippen molar-refractivity contribution < 1.29 is 4.79 Å². The standard InChI is InChI=1S/C12H14N4O/c1-8-3-4-9(2)16(8)15-12(17)11-6-5-10(13)7-14-11/h3-7H,13H2,1-2H3,(H,15,17). The van der Waals surface area contributed by atoms with Crippen molar-refractivity contribution in [1.29, 1.82) is 0 Å². The topological polar surface area (TPSA) is 72.9 Å². The number of pyridine rings is 1. The van der Waals surface area contributed by atoms with Gasteiger partial charge < -0.3 is 5.73 Å². The van der Waals surface area contributed by atoms with Crippen LogP contribution in [-0.4, -0.2) is 15.6 Å². The van der Waals surface area contributed by atoms with Crippen LogP contribution in [0.1, 0.15) is 21.9 Å². The van der Waals surface area contributed by atoms with Gasteiger partial charge >= 0.3 is 0 Å². The molecule has 0 radical (unpaired) electrons. The van der Waals surface area contributed by atoms with Crippen molar-refractivity contribution in [3.63, 3.8) is 0 Å². The van der Waals surface area contributed by atoms with Crippen molar-refractivity contribution in [1.82, 2.24) is 9.66 Å². The quantitative estimate of drug-likeness (QED) is 0.820. The van der Waals surface area contributed by atoms with Crippen LogP contribution in [0.25, 0.3) is 0 Å². The van der Waals surface area contributed by atoms with Crippen molar-refractivity contribution in [3.05, 3.63) is 47.5 Å². The van der Waals surface area contributed by atoms with Gasteiger partial charge in [-0.25, -0.2) is 4.98 Å². The predicted octanol–water partition coefficient (Wildman–Crippen LogP) is 1.47. The Kier molecular flexibility index (Phi) is 2.82. The third kappa shape index (κ3) is 2.28. The molecule has 0 fully saturated rings. The maximum Gasteiger partial charge on any atom is 0.288 e. The molecule has 0 aliphatic heterocycles. The molecule has 0 saturated heterocycles. The van der Waals surface area contributed by atoms with Gasteiger partial charge in [0, 0.05) is 11.4 Å². The molecule has 2 aromatic heterocycles. The summed E-state index contributed by atoms with van der Waals surface area (Å²) in [5, 5.41) is 0. The second kappa shape index (κ2) is 4.29. The molecule has 3 N–H and O–H groups in total. The van der Waals surface area contributed by atoms with E-state index in [4.69, 9.17) is 5.73 Å². The van der Waals surface area contributed by atoms with Gasteiger partial charge in [-0.3, -0.25) is 14.9 Å². The van der Waals surface area contributed by atoms with Gasteiger partial charge in [-0.15, -0.1) is 0 Å². The van der Waals surface area contributed by atoms with Crippen molar-refractivity contribution >= 4 is 11.6 Å². The minimum Gasteiger partial charge on any atom is -0.397 e. The lowest BCUT2D eigenvalue weighted by molar-refractivity contribution is 0.100. The molecule has 0 aliphatic carbocycles. The minimum absolute atomic E-state index is 0.257. The van der Waals surface area contributed by atoms with E-state index in [9.17, 15) is 4.79 Å². The van der Waals surface area contributed by atoms with E-state index in [2.05, 4.69) is 10.4 Å². The minimum atomic E-state index is -0.257. The number of amides is 1. The molecule has 5 heteroatoms. The van der Waals surface area contributed by atoms with Gasteiger partial charge in [-0.05, 0) is 38.1 Å². The van der Waals surface area contributed by atoms with Crippen molar-refractivity contribution in [3.8, 4) is 0 Å². The number of carbonyl (C=O) groups is 1. The van der Waals surface area contributed by atoms with Crippen LogP contribution >= 0.6 is 0 Å². The first-order valence-electron chi connectivity index (χ1n) is 5.26. The molecule has 0 unspecified atom stereocenters. The summed E-state index contributed by atoms with van der Waals surface area (Å²) in [6.07, 6.45) is 1.46. The Hall–Kier alpha value is -2.30. The number of anilines is 1. The number of rotatable bonds is 2. The summed E-state index contributed by atoms with van der Waals surface area (Å²) >= 11 is 0. The molecule has 2 aromatic rings. The predicted molar refractivity (Wildman–Crippen MR) is 66.2 cm³/mol. The molecule has 0 atom stereocenters. The zero-order valence-electron chi connectivity index (χ0n) is 9.77. The van der Waals surface area contributed by atoms with Crippen LogP contribution in [0.4, 0.5) is 5.69 Å². The van der Waals surface area contributed by atoms with Gasteiger partial charge in [-0.1, -0.05) is 0 Å². The first-order chi connectivity index (χ1) is 8.08. The summed E-state index contributed by atoms with van der Waals surface area (Å²) in [6.45, 7) is 3.84. The van der Waals surface area contributed by atoms with E-state index < -0.39 is 0 Å². The molecule has 5 nitrogen and oxygen atoms in total. The van der Waals surface area contributed by atoms with Crippen LogP contribution in [0, 0.1) is 13.8 Å². The van der Waals surface area contributed by atoms with E-state index in [-0.39, 0.29) is 5.91 Å². The number of aryl methyl sites for hydroxylation is 2. The Balaban J connectivity index is 2.20. The maximum absolute atomic E-state index is 11.9. The van der Waals surface area contributed by atoms with Gasteiger partial charge in [0.05, 0.1) is 11.9 Å². The highest BCUT2D eigenvalue weighted by Gasteiger charge is 2.09. The van der Waals surface area contributed by atoms with Crippen LogP contribution in [0.5, 0.6) is 0 Å². The second-order valence-electron chi connectivity index (χ2n) is 3.87. The normalized spacial score (nSPS) is 10.2. The Labute approximate surface area is 99.2 Å². The molecule has 0 spiro atoms. The number of nitrogen functional groups attached to an aromatic ring is 1. The van der Waals surface area contributed by atoms with Crippen LogP contribution in [0.15, 0.2) is 30.5 Å². The van der Waals surface area contributed by atoms with Gasteiger partial charge in [0.2, 0.25) is 0 Å². The van der Waals surface area contributed by atoms with Gasteiger partial charge in [0.25, 0.3) is 5.91 Å². The van der Waals surface area contributed by atoms with Crippen molar-refractivity contribution in [2.24, 2.45) is 0 Å². The highest BCUT2D eigenvalue weighted by atomic mass is 16.2. The average Bonchev–Trinajstić information content (AvgIpc) is 2.61. The Morgan fingerprint density at radius 3 is 2.41 bits per heavy atom. The molecule has 0 bridgehead atoms. The summed E-state index contributed by atoms with van der Waals surface area (Å²) in [5.74, 6) is -0.257. The van der Waals surface area contributed by atoms with E-state index in [0.717, 1.165) is 11.4 Å². The molecule has 2 heterocycles. The summed E-state index contributed by atoms with van der Waals surface area (Å²) in [4.78, 5) is 15.9. The molecular formula is C12H14N4O. The Bertz CT molecular complexity index is 523. The molecule has 0 aliphatic rings. The summed E-state index contributed by atoms with van der Waals surface area (Å²) in [5.41, 5.74) is 11.1. The number of aromatic nitrogens is 2. The van der Waals surface area contributed by atoms with Gasteiger partial charge in [0.15, 0.2) is 0 Å². The molecule has 2 rings (SSSR count). The van der Waals surface area contributed by atoms with Crippen LogP contribution in [0.2, 0.25) is 0 Å². The fourth-order valence-electron chi connectivity index (χ4n) is 1.54. The Morgan fingerprint density at radius 1 is 1.24 bits per heavy atom. The molecule has 0 saturated carbocycles. The number of hydrogen-bond acceptors (Lipinski definition) is 3. The lowest BCUT2D eigenvalue weighted by Crippen LogP contribution is -2.25. The molecule has 0 aromatic carbocycles. The Morgan fingerprint density at radius 2 is 1.88 bits per heavy atom. The number of carbonyl (C=O) groups excluding carboxylic acids is 1. The van der Waals surface area contributed by atoms with Crippen LogP contribution in [0.3, 0.4) is 0 Å². The highest BCUT2D eigenvalue weighted by molar-refractivity contribution is 5.98. The molecular weight excluding hydrogens is 216 g/mol. The van der Waals surface area contributed by atoms with Gasteiger partial charge in [0.1, 0.15) is 5.69 Å². The summed E-state index contributed by atoms with van der Waals surface area (Å²) in [7, 11) is 0. The van der Waals surface area contributed by atoms with E-state index in [1.807, 2.05) is 26.0 Å². The zero-order chi connectivity index (χ0) is 12.4. The second-order valence-corrected chi connectivity index (χ2v) is 3.87. The maximum atomic E-state index is 11.9. The van der Waals surface area contributed by atoms with Crippen molar-refractivity contribution in [2.45, 2.75) is 13.8 Å². The molecule has 17 heavy (non-hydrogen) atoms. The average molecular weight is 230 g/mol. The highest BCUT2D eigenvalue weighted by Crippen LogP contribution is 2.06. The van der Waals surface area contributed by atoms with E-state index in [0.29, 0.717) is 11.4 Å². The van der Waals surface area contributed by atoms with Crippen LogP contribution in [-0.2, 0) is 0 Å². The first kappa shape index (κ1) is 11.2. The lowest BCUT2D eigenvalue weighted by atomic mass is 10.3. The fourth-order valence-corrected chi connectivity index (χ4v) is 1.54. The third-order valence-electron chi connectivity index (χ3n) is 2.50. The number of nitrogens with two attached hydrogens (primary N) is 1. The molecule has 88 valence electrons. The van der Waals surface area contributed by atoms with Gasteiger partial charge in [-0.2, -0.15) is 0 Å². The zero-order valence-corrected chi connectivity index (χ0v) is 9.77. The number of nitrogens with one attached hydrogen (secondary N) is 1. The molecule has 1 amide bonds. The largest absolute Gasteiger partial charge is 0.397 e.